The Morgan fingerprint density at radius 2 is 1.74 bits per heavy atom. The number of rotatable bonds is 4. The lowest BCUT2D eigenvalue weighted by Crippen LogP contribution is -2.33. The molecule has 1 N–H and O–H groups in total. The fourth-order valence-corrected chi connectivity index (χ4v) is 3.26. The smallest absolute Gasteiger partial charge is 0.118 e. The summed E-state index contributed by atoms with van der Waals surface area (Å²) in [6.07, 6.45) is 0.610. The van der Waals surface area contributed by atoms with E-state index >= 15 is 0 Å². The zero-order valence-electron chi connectivity index (χ0n) is 12.5. The van der Waals surface area contributed by atoms with Crippen LogP contribution in [0, 0.1) is 11.8 Å². The Labute approximate surface area is 116 Å². The van der Waals surface area contributed by atoms with Gasteiger partial charge in [-0.2, -0.15) is 0 Å². The third-order valence-electron chi connectivity index (χ3n) is 4.49. The first-order valence-electron chi connectivity index (χ1n) is 7.05. The molecule has 3 heteroatoms. The minimum absolute atomic E-state index is 0.282. The molecule has 3 nitrogen and oxygen atoms in total. The van der Waals surface area contributed by atoms with Crippen LogP contribution in [-0.2, 0) is 4.74 Å². The van der Waals surface area contributed by atoms with Crippen molar-refractivity contribution in [2.24, 2.45) is 11.8 Å². The molecule has 0 aromatic heterocycles. The maximum absolute atomic E-state index is 5.97. The number of nitrogens with one attached hydrogen (secondary N) is 1. The monoisotopic (exact) mass is 263 g/mol. The number of benzene rings is 1. The van der Waals surface area contributed by atoms with Gasteiger partial charge in [-0.1, -0.05) is 19.1 Å². The lowest BCUT2D eigenvalue weighted by Gasteiger charge is -2.29. The molecule has 0 aliphatic carbocycles. The van der Waals surface area contributed by atoms with Crippen molar-refractivity contribution in [3.63, 3.8) is 0 Å². The first-order chi connectivity index (χ1) is 9.08. The van der Waals surface area contributed by atoms with E-state index in [4.69, 9.17) is 9.47 Å². The molecule has 1 fully saturated rings. The summed E-state index contributed by atoms with van der Waals surface area (Å²) >= 11 is 0. The van der Waals surface area contributed by atoms with Gasteiger partial charge >= 0.3 is 0 Å². The third kappa shape index (κ3) is 2.77. The van der Waals surface area contributed by atoms with Crippen LogP contribution < -0.4 is 10.1 Å². The van der Waals surface area contributed by atoms with Crippen LogP contribution in [0.3, 0.4) is 0 Å². The molecule has 0 radical (unpaired) electrons. The SMILES string of the molecule is CNC(c1ccc(OC)cc1)C1C(C)OC(C)C1C. The Morgan fingerprint density at radius 1 is 1.11 bits per heavy atom. The van der Waals surface area contributed by atoms with Crippen LogP contribution in [0.5, 0.6) is 5.75 Å². The maximum atomic E-state index is 5.97. The second-order valence-corrected chi connectivity index (χ2v) is 5.52. The number of hydrogen-bond acceptors (Lipinski definition) is 3. The largest absolute Gasteiger partial charge is 0.497 e. The summed E-state index contributed by atoms with van der Waals surface area (Å²) in [5, 5.41) is 3.46. The number of methoxy groups -OCH3 is 1. The van der Waals surface area contributed by atoms with Crippen LogP contribution >= 0.6 is 0 Å². The second-order valence-electron chi connectivity index (χ2n) is 5.52. The fraction of sp³-hybridized carbons (Fsp3) is 0.625. The summed E-state index contributed by atoms with van der Waals surface area (Å²) in [6.45, 7) is 6.63. The highest BCUT2D eigenvalue weighted by Crippen LogP contribution is 2.40. The lowest BCUT2D eigenvalue weighted by molar-refractivity contribution is 0.0478. The van der Waals surface area contributed by atoms with Gasteiger partial charge in [0.2, 0.25) is 0 Å². The maximum Gasteiger partial charge on any atom is 0.118 e. The van der Waals surface area contributed by atoms with E-state index in [1.165, 1.54) is 5.56 Å². The molecule has 5 unspecified atom stereocenters. The Balaban J connectivity index is 2.23. The standard InChI is InChI=1S/C16H25NO2/c1-10-11(2)19-12(3)15(10)16(17-4)13-6-8-14(18-5)9-7-13/h6-12,15-17H,1-5H3. The summed E-state index contributed by atoms with van der Waals surface area (Å²) in [5.74, 6) is 1.94. The van der Waals surface area contributed by atoms with E-state index < -0.39 is 0 Å². The average Bonchev–Trinajstić information content (AvgIpc) is 2.67. The average molecular weight is 263 g/mol. The Morgan fingerprint density at radius 3 is 2.16 bits per heavy atom. The van der Waals surface area contributed by atoms with E-state index in [1.54, 1.807) is 7.11 Å². The quantitative estimate of drug-likeness (QED) is 0.906. The molecule has 0 amide bonds. The zero-order chi connectivity index (χ0) is 14.0. The van der Waals surface area contributed by atoms with Crippen LogP contribution in [0.2, 0.25) is 0 Å². The van der Waals surface area contributed by atoms with Crippen LogP contribution in [-0.4, -0.2) is 26.4 Å². The number of hydrogen-bond donors (Lipinski definition) is 1. The molecule has 1 aromatic rings. The minimum atomic E-state index is 0.282. The molecule has 0 spiro atoms. The molecular weight excluding hydrogens is 238 g/mol. The second kappa shape index (κ2) is 5.93. The van der Waals surface area contributed by atoms with Crippen molar-refractivity contribution < 1.29 is 9.47 Å². The van der Waals surface area contributed by atoms with Gasteiger partial charge in [0, 0.05) is 12.0 Å². The molecule has 1 aromatic carbocycles. The van der Waals surface area contributed by atoms with Crippen molar-refractivity contribution in [3.8, 4) is 5.75 Å². The normalized spacial score (nSPS) is 32.3. The highest BCUT2D eigenvalue weighted by atomic mass is 16.5. The van der Waals surface area contributed by atoms with Crippen molar-refractivity contribution in [2.45, 2.75) is 39.0 Å². The van der Waals surface area contributed by atoms with Crippen LogP contribution in [0.15, 0.2) is 24.3 Å². The Hall–Kier alpha value is -1.06. The molecule has 2 rings (SSSR count). The molecule has 1 aliphatic rings. The van der Waals surface area contributed by atoms with E-state index in [0.29, 0.717) is 24.0 Å². The van der Waals surface area contributed by atoms with Gasteiger partial charge in [0.1, 0.15) is 5.75 Å². The third-order valence-corrected chi connectivity index (χ3v) is 4.49. The molecule has 5 atom stereocenters. The topological polar surface area (TPSA) is 30.5 Å². The molecule has 106 valence electrons. The summed E-state index contributed by atoms with van der Waals surface area (Å²) in [6, 6.07) is 8.65. The molecule has 1 saturated heterocycles. The summed E-state index contributed by atoms with van der Waals surface area (Å²) in [4.78, 5) is 0. The number of ether oxygens (including phenoxy) is 2. The molecule has 1 heterocycles. The molecule has 1 aliphatic heterocycles. The van der Waals surface area contributed by atoms with Crippen molar-refractivity contribution >= 4 is 0 Å². The van der Waals surface area contributed by atoms with Crippen LogP contribution in [0.4, 0.5) is 0 Å². The van der Waals surface area contributed by atoms with E-state index in [9.17, 15) is 0 Å². The van der Waals surface area contributed by atoms with Gasteiger partial charge in [0.15, 0.2) is 0 Å². The highest BCUT2D eigenvalue weighted by molar-refractivity contribution is 5.30. The van der Waals surface area contributed by atoms with Crippen molar-refractivity contribution in [1.29, 1.82) is 0 Å². The van der Waals surface area contributed by atoms with E-state index in [1.807, 2.05) is 19.2 Å². The first kappa shape index (κ1) is 14.4. The van der Waals surface area contributed by atoms with Gasteiger partial charge in [-0.3, -0.25) is 0 Å². The van der Waals surface area contributed by atoms with Gasteiger partial charge in [-0.25, -0.2) is 0 Å². The summed E-state index contributed by atoms with van der Waals surface area (Å²) in [7, 11) is 3.72. The lowest BCUT2D eigenvalue weighted by atomic mass is 9.80. The molecule has 0 saturated carbocycles. The molecular formula is C16H25NO2. The van der Waals surface area contributed by atoms with Crippen molar-refractivity contribution in [3.05, 3.63) is 29.8 Å². The first-order valence-corrected chi connectivity index (χ1v) is 7.05. The van der Waals surface area contributed by atoms with E-state index in [0.717, 1.165) is 5.75 Å². The predicted octanol–water partition coefficient (Wildman–Crippen LogP) is 3.02. The van der Waals surface area contributed by atoms with Crippen LogP contribution in [0.1, 0.15) is 32.4 Å². The van der Waals surface area contributed by atoms with Crippen molar-refractivity contribution in [1.82, 2.24) is 5.32 Å². The predicted molar refractivity (Wildman–Crippen MR) is 77.5 cm³/mol. The van der Waals surface area contributed by atoms with E-state index in [-0.39, 0.29) is 6.10 Å². The van der Waals surface area contributed by atoms with Gasteiger partial charge < -0.3 is 14.8 Å². The van der Waals surface area contributed by atoms with Gasteiger partial charge in [-0.15, -0.1) is 0 Å². The minimum Gasteiger partial charge on any atom is -0.497 e. The highest BCUT2D eigenvalue weighted by Gasteiger charge is 2.41. The zero-order valence-corrected chi connectivity index (χ0v) is 12.5. The van der Waals surface area contributed by atoms with Crippen LogP contribution in [0.25, 0.3) is 0 Å². The summed E-state index contributed by atoms with van der Waals surface area (Å²) in [5.41, 5.74) is 1.30. The van der Waals surface area contributed by atoms with Gasteiger partial charge in [0.25, 0.3) is 0 Å². The van der Waals surface area contributed by atoms with Crippen molar-refractivity contribution in [2.75, 3.05) is 14.2 Å². The van der Waals surface area contributed by atoms with E-state index in [2.05, 4.69) is 38.2 Å². The molecule has 19 heavy (non-hydrogen) atoms. The summed E-state index contributed by atoms with van der Waals surface area (Å²) < 4.78 is 11.2. The Kier molecular flexibility index (Phi) is 4.48. The van der Waals surface area contributed by atoms with Gasteiger partial charge in [0.05, 0.1) is 19.3 Å². The molecule has 0 bridgehead atoms. The Bertz CT molecular complexity index is 404. The van der Waals surface area contributed by atoms with Gasteiger partial charge in [-0.05, 0) is 44.5 Å². The fourth-order valence-electron chi connectivity index (χ4n) is 3.26.